The van der Waals surface area contributed by atoms with Crippen LogP contribution >= 0.6 is 23.6 Å². The molecule has 0 amide bonds. The van der Waals surface area contributed by atoms with E-state index in [1.54, 1.807) is 18.4 Å². The maximum Gasteiger partial charge on any atom is 0.166 e. The summed E-state index contributed by atoms with van der Waals surface area (Å²) in [7, 11) is 1.68. The van der Waals surface area contributed by atoms with E-state index in [9.17, 15) is 0 Å². The second kappa shape index (κ2) is 7.58. The van der Waals surface area contributed by atoms with Crippen molar-refractivity contribution < 1.29 is 4.74 Å². The monoisotopic (exact) mass is 273 g/mol. The molecule has 0 saturated heterocycles. The van der Waals surface area contributed by atoms with Crippen LogP contribution in [0.4, 0.5) is 0 Å². The lowest BCUT2D eigenvalue weighted by Gasteiger charge is -2.15. The summed E-state index contributed by atoms with van der Waals surface area (Å²) in [5.74, 6) is 0. The first kappa shape index (κ1) is 14.3. The van der Waals surface area contributed by atoms with Gasteiger partial charge in [0.15, 0.2) is 5.11 Å². The van der Waals surface area contributed by atoms with Crippen LogP contribution in [0.1, 0.15) is 23.7 Å². The summed E-state index contributed by atoms with van der Waals surface area (Å²) < 4.78 is 5.02. The number of hydrogen-bond acceptors (Lipinski definition) is 4. The third kappa shape index (κ3) is 5.43. The first-order valence-electron chi connectivity index (χ1n) is 5.62. The lowest BCUT2D eigenvalue weighted by atomic mass is 10.4. The highest BCUT2D eigenvalue weighted by Crippen LogP contribution is 2.12. The van der Waals surface area contributed by atoms with Gasteiger partial charge >= 0.3 is 0 Å². The lowest BCUT2D eigenvalue weighted by Crippen LogP contribution is -2.42. The molecule has 96 valence electrons. The topological polar surface area (TPSA) is 46.2 Å². The minimum atomic E-state index is 0.211. The Hall–Kier alpha value is -0.720. The van der Waals surface area contributed by atoms with Gasteiger partial charge in [-0.15, -0.1) is 11.3 Å². The number of thiazole rings is 1. The van der Waals surface area contributed by atoms with Crippen molar-refractivity contribution >= 4 is 28.7 Å². The largest absolute Gasteiger partial charge is 0.383 e. The molecule has 0 saturated carbocycles. The molecule has 1 heterocycles. The Kier molecular flexibility index (Phi) is 6.39. The van der Waals surface area contributed by atoms with Crippen molar-refractivity contribution in [1.82, 2.24) is 15.6 Å². The zero-order chi connectivity index (χ0) is 12.7. The van der Waals surface area contributed by atoms with Gasteiger partial charge in [-0.1, -0.05) is 6.92 Å². The highest BCUT2D eigenvalue weighted by atomic mass is 32.1. The smallest absolute Gasteiger partial charge is 0.166 e. The normalized spacial score (nSPS) is 12.2. The van der Waals surface area contributed by atoms with Crippen molar-refractivity contribution in [2.45, 2.75) is 32.9 Å². The highest BCUT2D eigenvalue weighted by molar-refractivity contribution is 7.80. The number of nitrogens with one attached hydrogen (secondary N) is 2. The molecule has 0 spiro atoms. The number of nitrogens with zero attached hydrogens (tertiary/aromatic N) is 1. The summed E-state index contributed by atoms with van der Waals surface area (Å²) in [6.45, 7) is 5.47. The molecule has 1 unspecified atom stereocenters. The Labute approximate surface area is 112 Å². The molecule has 1 aromatic rings. The summed E-state index contributed by atoms with van der Waals surface area (Å²) in [5, 5.41) is 7.98. The van der Waals surface area contributed by atoms with Crippen molar-refractivity contribution in [3.05, 3.63) is 16.1 Å². The van der Waals surface area contributed by atoms with Gasteiger partial charge in [0.05, 0.1) is 13.2 Å². The third-order valence-electron chi connectivity index (χ3n) is 2.14. The van der Waals surface area contributed by atoms with E-state index in [4.69, 9.17) is 17.0 Å². The van der Waals surface area contributed by atoms with Gasteiger partial charge in [0.2, 0.25) is 0 Å². The number of thiocarbonyl (C=S) groups is 1. The van der Waals surface area contributed by atoms with Crippen LogP contribution in [0.2, 0.25) is 0 Å². The summed E-state index contributed by atoms with van der Waals surface area (Å²) >= 11 is 6.90. The van der Waals surface area contributed by atoms with Crippen LogP contribution in [0.5, 0.6) is 0 Å². The van der Waals surface area contributed by atoms with Crippen LogP contribution in [0.3, 0.4) is 0 Å². The van der Waals surface area contributed by atoms with Gasteiger partial charge in [0, 0.05) is 24.2 Å². The van der Waals surface area contributed by atoms with Crippen LogP contribution < -0.4 is 10.6 Å². The molecular weight excluding hydrogens is 254 g/mol. The number of aryl methyl sites for hydroxylation is 1. The standard InChI is InChI=1S/C11H19N3OS2/c1-4-9-5-12-10(17-9)6-13-11(16)14-8(2)7-15-3/h5,8H,4,6-7H2,1-3H3,(H2,13,14,16). The van der Waals surface area contributed by atoms with Crippen molar-refractivity contribution in [2.75, 3.05) is 13.7 Å². The average Bonchev–Trinajstić information content (AvgIpc) is 2.74. The van der Waals surface area contributed by atoms with Crippen molar-refractivity contribution in [1.29, 1.82) is 0 Å². The van der Waals surface area contributed by atoms with E-state index in [2.05, 4.69) is 22.5 Å². The fourth-order valence-corrected chi connectivity index (χ4v) is 2.39. The molecule has 0 aliphatic carbocycles. The first-order valence-corrected chi connectivity index (χ1v) is 6.85. The lowest BCUT2D eigenvalue weighted by molar-refractivity contribution is 0.179. The van der Waals surface area contributed by atoms with Gasteiger partial charge in [0.25, 0.3) is 0 Å². The number of ether oxygens (including phenoxy) is 1. The average molecular weight is 273 g/mol. The quantitative estimate of drug-likeness (QED) is 0.773. The molecule has 0 aromatic carbocycles. The predicted molar refractivity (Wildman–Crippen MR) is 75.4 cm³/mol. The summed E-state index contributed by atoms with van der Waals surface area (Å²) in [6.07, 6.45) is 2.96. The summed E-state index contributed by atoms with van der Waals surface area (Å²) in [4.78, 5) is 5.62. The van der Waals surface area contributed by atoms with Gasteiger partial charge in [0.1, 0.15) is 5.01 Å². The molecule has 1 rings (SSSR count). The fraction of sp³-hybridized carbons (Fsp3) is 0.636. The van der Waals surface area contributed by atoms with Gasteiger partial charge < -0.3 is 15.4 Å². The molecule has 0 bridgehead atoms. The van der Waals surface area contributed by atoms with Gasteiger partial charge in [-0.25, -0.2) is 4.98 Å². The Balaban J connectivity index is 2.27. The van der Waals surface area contributed by atoms with Crippen LogP contribution in [-0.2, 0) is 17.7 Å². The van der Waals surface area contributed by atoms with Crippen LogP contribution in [0.25, 0.3) is 0 Å². The number of hydrogen-bond donors (Lipinski definition) is 2. The van der Waals surface area contributed by atoms with Crippen LogP contribution in [0.15, 0.2) is 6.20 Å². The first-order chi connectivity index (χ1) is 8.15. The third-order valence-corrected chi connectivity index (χ3v) is 3.55. The van der Waals surface area contributed by atoms with Crippen LogP contribution in [-0.4, -0.2) is 29.9 Å². The van der Waals surface area contributed by atoms with Gasteiger partial charge in [-0.3, -0.25) is 0 Å². The molecule has 1 aromatic heterocycles. The number of aromatic nitrogens is 1. The van der Waals surface area contributed by atoms with Crippen molar-refractivity contribution in [2.24, 2.45) is 0 Å². The van der Waals surface area contributed by atoms with E-state index < -0.39 is 0 Å². The Morgan fingerprint density at radius 1 is 1.65 bits per heavy atom. The van der Waals surface area contributed by atoms with E-state index in [1.165, 1.54) is 4.88 Å². The predicted octanol–water partition coefficient (Wildman–Crippen LogP) is 1.70. The molecule has 2 N–H and O–H groups in total. The molecule has 6 heteroatoms. The van der Waals surface area contributed by atoms with Crippen molar-refractivity contribution in [3.8, 4) is 0 Å². The van der Waals surface area contributed by atoms with E-state index in [1.807, 2.05) is 13.1 Å². The molecule has 4 nitrogen and oxygen atoms in total. The Morgan fingerprint density at radius 2 is 2.41 bits per heavy atom. The highest BCUT2D eigenvalue weighted by Gasteiger charge is 2.04. The molecule has 0 aliphatic rings. The molecule has 0 fully saturated rings. The molecule has 1 atom stereocenters. The minimum absolute atomic E-state index is 0.211. The zero-order valence-corrected chi connectivity index (χ0v) is 12.1. The zero-order valence-electron chi connectivity index (χ0n) is 10.4. The molecule has 17 heavy (non-hydrogen) atoms. The maximum absolute atomic E-state index is 5.18. The second-order valence-corrected chi connectivity index (χ2v) is 5.37. The molecule has 0 aliphatic heterocycles. The van der Waals surface area contributed by atoms with E-state index in [-0.39, 0.29) is 6.04 Å². The Bertz CT molecular complexity index is 354. The fourth-order valence-electron chi connectivity index (χ4n) is 1.32. The molecular formula is C11H19N3OS2. The number of methoxy groups -OCH3 is 1. The van der Waals surface area contributed by atoms with Gasteiger partial charge in [-0.05, 0) is 25.6 Å². The van der Waals surface area contributed by atoms with E-state index in [0.717, 1.165) is 11.4 Å². The maximum atomic E-state index is 5.18. The number of rotatable bonds is 6. The molecule has 0 radical (unpaired) electrons. The minimum Gasteiger partial charge on any atom is -0.383 e. The Morgan fingerprint density at radius 3 is 3.00 bits per heavy atom. The van der Waals surface area contributed by atoms with E-state index in [0.29, 0.717) is 18.3 Å². The second-order valence-electron chi connectivity index (χ2n) is 3.76. The summed E-state index contributed by atoms with van der Waals surface area (Å²) in [6, 6.07) is 0.211. The van der Waals surface area contributed by atoms with E-state index >= 15 is 0 Å². The van der Waals surface area contributed by atoms with Crippen molar-refractivity contribution in [3.63, 3.8) is 0 Å². The van der Waals surface area contributed by atoms with Gasteiger partial charge in [-0.2, -0.15) is 0 Å². The SMILES string of the molecule is CCc1cnc(CNC(=S)NC(C)COC)s1. The summed E-state index contributed by atoms with van der Waals surface area (Å²) in [5.41, 5.74) is 0. The van der Waals surface area contributed by atoms with Crippen LogP contribution in [0, 0.1) is 0 Å².